The monoisotopic (exact) mass is 245 g/mol. The molecule has 0 aliphatic carbocycles. The Balaban J connectivity index is 2.90. The molecule has 3 heteroatoms. The quantitative estimate of drug-likeness (QED) is 0.843. The van der Waals surface area contributed by atoms with Crippen LogP contribution in [0, 0.1) is 0 Å². The van der Waals surface area contributed by atoms with Gasteiger partial charge in [-0.3, -0.25) is 0 Å². The number of hydrogen-bond acceptors (Lipinski definition) is 1. The Bertz CT molecular complexity index is 325. The van der Waals surface area contributed by atoms with Gasteiger partial charge in [-0.2, -0.15) is 0 Å². The lowest BCUT2D eigenvalue weighted by Gasteiger charge is -2.22. The van der Waals surface area contributed by atoms with Crippen LogP contribution < -0.4 is 5.32 Å². The fourth-order valence-electron chi connectivity index (χ4n) is 1.64. The minimum Gasteiger partial charge on any atom is -0.314 e. The van der Waals surface area contributed by atoms with Gasteiger partial charge in [0.1, 0.15) is 0 Å². The molecule has 0 saturated heterocycles. The van der Waals surface area contributed by atoms with E-state index in [0.717, 1.165) is 12.1 Å². The van der Waals surface area contributed by atoms with Crippen molar-refractivity contribution < 1.29 is 0 Å². The van der Waals surface area contributed by atoms with Crippen LogP contribution in [0.5, 0.6) is 0 Å². The van der Waals surface area contributed by atoms with Crippen molar-refractivity contribution in [1.29, 1.82) is 0 Å². The molecule has 0 spiro atoms. The minimum atomic E-state index is 0.358. The summed E-state index contributed by atoms with van der Waals surface area (Å²) >= 11 is 12.2. The third kappa shape index (κ3) is 3.10. The van der Waals surface area contributed by atoms with Crippen molar-refractivity contribution in [2.45, 2.75) is 32.7 Å². The molecule has 2 unspecified atom stereocenters. The van der Waals surface area contributed by atoms with Gasteiger partial charge in [-0.05, 0) is 31.0 Å². The first-order valence-electron chi connectivity index (χ1n) is 5.25. The van der Waals surface area contributed by atoms with Crippen LogP contribution in [0.25, 0.3) is 0 Å². The molecule has 0 aliphatic rings. The highest BCUT2D eigenvalue weighted by Crippen LogP contribution is 2.32. The molecule has 84 valence electrons. The van der Waals surface area contributed by atoms with Crippen LogP contribution in [0.1, 0.15) is 32.3 Å². The summed E-state index contributed by atoms with van der Waals surface area (Å²) in [7, 11) is 0. The topological polar surface area (TPSA) is 12.0 Å². The lowest BCUT2D eigenvalue weighted by Crippen LogP contribution is -2.30. The fourth-order valence-corrected chi connectivity index (χ4v) is 2.12. The lowest BCUT2D eigenvalue weighted by molar-refractivity contribution is 0.495. The van der Waals surface area contributed by atoms with Crippen molar-refractivity contribution >= 4 is 23.2 Å². The summed E-state index contributed by atoms with van der Waals surface area (Å²) in [5.74, 6) is 0.358. The number of nitrogens with one attached hydrogen (secondary N) is 1. The zero-order chi connectivity index (χ0) is 11.4. The molecule has 0 aromatic heterocycles. The molecule has 15 heavy (non-hydrogen) atoms. The Labute approximate surface area is 102 Å². The van der Waals surface area contributed by atoms with Gasteiger partial charge in [0, 0.05) is 6.04 Å². The van der Waals surface area contributed by atoms with E-state index in [1.54, 1.807) is 0 Å². The molecule has 1 aromatic rings. The summed E-state index contributed by atoms with van der Waals surface area (Å²) in [5, 5.41) is 4.70. The van der Waals surface area contributed by atoms with Gasteiger partial charge < -0.3 is 5.32 Å². The number of likely N-dealkylation sites (N-methyl/N-ethyl adjacent to an activating group) is 1. The normalized spacial score (nSPS) is 15.0. The van der Waals surface area contributed by atoms with E-state index in [1.807, 2.05) is 18.2 Å². The molecule has 1 N–H and O–H groups in total. The van der Waals surface area contributed by atoms with Crippen molar-refractivity contribution in [3.05, 3.63) is 33.8 Å². The number of rotatable bonds is 4. The molecule has 0 fully saturated rings. The Kier molecular flexibility index (Phi) is 4.91. The average molecular weight is 246 g/mol. The van der Waals surface area contributed by atoms with Crippen molar-refractivity contribution in [3.8, 4) is 0 Å². The summed E-state index contributed by atoms with van der Waals surface area (Å²) in [6, 6.07) is 6.19. The van der Waals surface area contributed by atoms with Crippen LogP contribution in [0.2, 0.25) is 10.0 Å². The Morgan fingerprint density at radius 1 is 1.27 bits per heavy atom. The number of hydrogen-bond donors (Lipinski definition) is 1. The Hall–Kier alpha value is -0.240. The molecule has 0 saturated carbocycles. The molecule has 1 aromatic carbocycles. The van der Waals surface area contributed by atoms with Gasteiger partial charge in [0.25, 0.3) is 0 Å². The second-order valence-corrected chi connectivity index (χ2v) is 4.56. The molecule has 0 amide bonds. The SMILES string of the molecule is CCNC(C)C(C)c1cccc(Cl)c1Cl. The maximum atomic E-state index is 6.17. The zero-order valence-corrected chi connectivity index (χ0v) is 10.9. The fraction of sp³-hybridized carbons (Fsp3) is 0.500. The van der Waals surface area contributed by atoms with E-state index >= 15 is 0 Å². The molecule has 0 heterocycles. The molecular formula is C12H17Cl2N. The van der Waals surface area contributed by atoms with Gasteiger partial charge in [-0.15, -0.1) is 0 Å². The highest BCUT2D eigenvalue weighted by Gasteiger charge is 2.17. The van der Waals surface area contributed by atoms with Gasteiger partial charge in [0.05, 0.1) is 10.0 Å². The van der Waals surface area contributed by atoms with Crippen molar-refractivity contribution in [1.82, 2.24) is 5.32 Å². The largest absolute Gasteiger partial charge is 0.314 e. The average Bonchev–Trinajstić information content (AvgIpc) is 2.21. The zero-order valence-electron chi connectivity index (χ0n) is 9.35. The summed E-state index contributed by atoms with van der Waals surface area (Å²) < 4.78 is 0. The van der Waals surface area contributed by atoms with Gasteiger partial charge in [-0.1, -0.05) is 49.2 Å². The second kappa shape index (κ2) is 5.74. The Morgan fingerprint density at radius 2 is 1.93 bits per heavy atom. The first kappa shape index (κ1) is 12.8. The summed E-state index contributed by atoms with van der Waals surface area (Å²) in [6.45, 7) is 7.38. The standard InChI is InChI=1S/C12H17Cl2N/c1-4-15-9(3)8(2)10-6-5-7-11(13)12(10)14/h5-9,15H,4H2,1-3H3. The maximum absolute atomic E-state index is 6.17. The first-order valence-corrected chi connectivity index (χ1v) is 6.00. The van der Waals surface area contributed by atoms with Crippen LogP contribution in [0.3, 0.4) is 0 Å². The van der Waals surface area contributed by atoms with Crippen molar-refractivity contribution in [2.75, 3.05) is 6.54 Å². The van der Waals surface area contributed by atoms with Crippen LogP contribution >= 0.6 is 23.2 Å². The smallest absolute Gasteiger partial charge is 0.0627 e. The maximum Gasteiger partial charge on any atom is 0.0627 e. The number of benzene rings is 1. The lowest BCUT2D eigenvalue weighted by atomic mass is 9.94. The van der Waals surface area contributed by atoms with E-state index in [-0.39, 0.29) is 0 Å². The van der Waals surface area contributed by atoms with Gasteiger partial charge in [0.15, 0.2) is 0 Å². The van der Waals surface area contributed by atoms with E-state index in [2.05, 4.69) is 26.1 Å². The van der Waals surface area contributed by atoms with E-state index in [1.165, 1.54) is 0 Å². The van der Waals surface area contributed by atoms with Crippen LogP contribution in [-0.2, 0) is 0 Å². The predicted molar refractivity (Wildman–Crippen MR) is 68.0 cm³/mol. The van der Waals surface area contributed by atoms with E-state index in [0.29, 0.717) is 22.0 Å². The van der Waals surface area contributed by atoms with Crippen LogP contribution in [-0.4, -0.2) is 12.6 Å². The predicted octanol–water partition coefficient (Wildman–Crippen LogP) is 4.09. The third-order valence-corrected chi connectivity index (χ3v) is 3.58. The van der Waals surface area contributed by atoms with E-state index in [9.17, 15) is 0 Å². The summed E-state index contributed by atoms with van der Waals surface area (Å²) in [5.41, 5.74) is 1.11. The molecule has 0 radical (unpaired) electrons. The minimum absolute atomic E-state index is 0.358. The first-order chi connectivity index (χ1) is 7.07. The Morgan fingerprint density at radius 3 is 2.53 bits per heavy atom. The summed E-state index contributed by atoms with van der Waals surface area (Å²) in [6.07, 6.45) is 0. The summed E-state index contributed by atoms with van der Waals surface area (Å²) in [4.78, 5) is 0. The van der Waals surface area contributed by atoms with Crippen molar-refractivity contribution in [2.24, 2.45) is 0 Å². The molecule has 0 aliphatic heterocycles. The van der Waals surface area contributed by atoms with E-state index in [4.69, 9.17) is 23.2 Å². The second-order valence-electron chi connectivity index (χ2n) is 3.78. The molecule has 0 bridgehead atoms. The van der Waals surface area contributed by atoms with Crippen LogP contribution in [0.15, 0.2) is 18.2 Å². The number of halogens is 2. The van der Waals surface area contributed by atoms with Gasteiger partial charge in [-0.25, -0.2) is 0 Å². The van der Waals surface area contributed by atoms with Crippen molar-refractivity contribution in [3.63, 3.8) is 0 Å². The molecule has 1 rings (SSSR count). The van der Waals surface area contributed by atoms with Crippen LogP contribution in [0.4, 0.5) is 0 Å². The molecule has 2 atom stereocenters. The molecule has 1 nitrogen and oxygen atoms in total. The molecular weight excluding hydrogens is 229 g/mol. The van der Waals surface area contributed by atoms with E-state index < -0.39 is 0 Å². The highest BCUT2D eigenvalue weighted by molar-refractivity contribution is 6.42. The highest BCUT2D eigenvalue weighted by atomic mass is 35.5. The van der Waals surface area contributed by atoms with Gasteiger partial charge >= 0.3 is 0 Å². The van der Waals surface area contributed by atoms with Gasteiger partial charge in [0.2, 0.25) is 0 Å². The third-order valence-electron chi connectivity index (χ3n) is 2.75.